The molecule has 1 aliphatic heterocycles. The van der Waals surface area contributed by atoms with Crippen molar-refractivity contribution >= 4 is 49.1 Å². The maximum Gasteiger partial charge on any atom is 0.295 e. The standard InChI is InChI=1S/C25H25N3O.C10H8O3S/c1-3-14-26-22-13-7-12-21-20-11-6-10-19(16-23(20)28-24(21)22)27-25(29)18-9-5-8-17(4-2)15-18;11-14(12,13)10-7-3-5-8-4-1-2-6-9(8)10/h5-13,15-16,26H,3-4,14H2,1-2H3,(H,27,29);1-7H,(H,11,12,13). The van der Waals surface area contributed by atoms with E-state index in [0.29, 0.717) is 10.9 Å². The van der Waals surface area contributed by atoms with Crippen molar-refractivity contribution in [2.75, 3.05) is 17.2 Å². The third-order valence-electron chi connectivity index (χ3n) is 7.11. The van der Waals surface area contributed by atoms with Gasteiger partial charge in [0.1, 0.15) is 4.90 Å². The molecule has 0 spiro atoms. The lowest BCUT2D eigenvalue weighted by atomic mass is 10.1. The number of para-hydroxylation sites is 1. The number of nitrogens with one attached hydrogen (secondary N) is 2. The van der Waals surface area contributed by atoms with Crippen LogP contribution in [0.1, 0.15) is 36.2 Å². The van der Waals surface area contributed by atoms with E-state index in [-0.39, 0.29) is 10.8 Å². The molecule has 1 aliphatic carbocycles. The van der Waals surface area contributed by atoms with Crippen molar-refractivity contribution in [3.8, 4) is 11.3 Å². The van der Waals surface area contributed by atoms with Crippen molar-refractivity contribution < 1.29 is 17.8 Å². The van der Waals surface area contributed by atoms with Crippen LogP contribution in [0.4, 0.5) is 11.4 Å². The van der Waals surface area contributed by atoms with Gasteiger partial charge in [-0.3, -0.25) is 9.35 Å². The van der Waals surface area contributed by atoms with Gasteiger partial charge in [0.15, 0.2) is 0 Å². The van der Waals surface area contributed by atoms with Crippen LogP contribution in [0.25, 0.3) is 32.9 Å². The molecule has 7 nitrogen and oxygen atoms in total. The SMILES string of the molecule is CCCNc1cccc2c3cccc(NC(=O)c4cccc(CC)c4)cc-3nc12.O=S(=O)(O)c1cccc2ccccc12. The van der Waals surface area contributed by atoms with Crippen LogP contribution in [0.3, 0.4) is 0 Å². The Morgan fingerprint density at radius 2 is 1.53 bits per heavy atom. The molecule has 3 N–H and O–H groups in total. The first-order chi connectivity index (χ1) is 20.8. The molecule has 43 heavy (non-hydrogen) atoms. The molecule has 1 amide bonds. The number of hydrogen-bond donors (Lipinski definition) is 3. The Morgan fingerprint density at radius 1 is 0.814 bits per heavy atom. The maximum atomic E-state index is 12.7. The molecule has 6 rings (SSSR count). The van der Waals surface area contributed by atoms with Gasteiger partial charge in [-0.25, -0.2) is 4.98 Å². The van der Waals surface area contributed by atoms with Crippen LogP contribution in [0, 0.1) is 0 Å². The van der Waals surface area contributed by atoms with Gasteiger partial charge in [0.2, 0.25) is 0 Å². The van der Waals surface area contributed by atoms with E-state index in [2.05, 4.69) is 48.7 Å². The van der Waals surface area contributed by atoms with Gasteiger partial charge in [0.05, 0.1) is 16.9 Å². The van der Waals surface area contributed by atoms with E-state index in [1.807, 2.05) is 48.5 Å². The van der Waals surface area contributed by atoms with Crippen LogP contribution in [-0.2, 0) is 16.5 Å². The summed E-state index contributed by atoms with van der Waals surface area (Å²) in [6.07, 6.45) is 1.96. The molecule has 8 heteroatoms. The summed E-state index contributed by atoms with van der Waals surface area (Å²) in [5, 5.41) is 8.92. The summed E-state index contributed by atoms with van der Waals surface area (Å²) in [6, 6.07) is 33.6. The number of rotatable bonds is 7. The summed E-state index contributed by atoms with van der Waals surface area (Å²) in [5.41, 5.74) is 6.51. The van der Waals surface area contributed by atoms with Gasteiger partial charge in [-0.1, -0.05) is 86.6 Å². The zero-order valence-corrected chi connectivity index (χ0v) is 24.9. The Hall–Kier alpha value is -4.79. The van der Waals surface area contributed by atoms with Gasteiger partial charge < -0.3 is 10.6 Å². The largest absolute Gasteiger partial charge is 0.383 e. The number of anilines is 2. The summed E-state index contributed by atoms with van der Waals surface area (Å²) >= 11 is 0. The molecule has 0 saturated heterocycles. The minimum atomic E-state index is -4.13. The monoisotopic (exact) mass is 591 g/mol. The average molecular weight is 592 g/mol. The predicted octanol–water partition coefficient (Wildman–Crippen LogP) is 8.06. The highest BCUT2D eigenvalue weighted by Gasteiger charge is 2.15. The Balaban J connectivity index is 0.000000220. The summed E-state index contributed by atoms with van der Waals surface area (Å²) < 4.78 is 31.0. The number of hydrogen-bond acceptors (Lipinski definition) is 5. The second-order valence-electron chi connectivity index (χ2n) is 10.1. The lowest BCUT2D eigenvalue weighted by molar-refractivity contribution is 0.102. The van der Waals surface area contributed by atoms with Gasteiger partial charge in [0.25, 0.3) is 16.0 Å². The number of carbonyl (C=O) groups excluding carboxylic acids is 1. The first kappa shape index (κ1) is 29.7. The second kappa shape index (κ2) is 13.0. The van der Waals surface area contributed by atoms with Crippen LogP contribution < -0.4 is 10.6 Å². The van der Waals surface area contributed by atoms with Crippen LogP contribution in [0.5, 0.6) is 0 Å². The highest BCUT2D eigenvalue weighted by atomic mass is 32.2. The van der Waals surface area contributed by atoms with Crippen molar-refractivity contribution in [2.24, 2.45) is 0 Å². The first-order valence-corrected chi connectivity index (χ1v) is 15.6. The number of nitrogens with zero attached hydrogens (tertiary/aromatic N) is 1. The molecule has 218 valence electrons. The van der Waals surface area contributed by atoms with Gasteiger partial charge in [-0.05, 0) is 60.2 Å². The predicted molar refractivity (Wildman–Crippen MR) is 175 cm³/mol. The lowest BCUT2D eigenvalue weighted by Gasteiger charge is -2.05. The highest BCUT2D eigenvalue weighted by molar-refractivity contribution is 7.86. The smallest absolute Gasteiger partial charge is 0.295 e. The van der Waals surface area contributed by atoms with Gasteiger partial charge in [-0.15, -0.1) is 0 Å². The van der Waals surface area contributed by atoms with Crippen molar-refractivity contribution in [1.29, 1.82) is 0 Å². The molecular weight excluding hydrogens is 558 g/mol. The van der Waals surface area contributed by atoms with E-state index in [1.165, 1.54) is 6.07 Å². The third kappa shape index (κ3) is 6.83. The number of aromatic nitrogens is 1. The van der Waals surface area contributed by atoms with Crippen LogP contribution in [0.15, 0.2) is 114 Å². The molecule has 4 aromatic carbocycles. The number of amides is 1. The Kier molecular flexibility index (Phi) is 8.99. The number of aryl methyl sites for hydroxylation is 1. The Labute approximate surface area is 251 Å². The fourth-order valence-electron chi connectivity index (χ4n) is 4.97. The molecule has 0 radical (unpaired) electrons. The van der Waals surface area contributed by atoms with Crippen LogP contribution in [0.2, 0.25) is 0 Å². The molecule has 1 heterocycles. The quantitative estimate of drug-likeness (QED) is 0.162. The molecule has 2 aliphatic rings. The van der Waals surface area contributed by atoms with E-state index in [9.17, 15) is 13.2 Å². The number of benzene rings is 4. The van der Waals surface area contributed by atoms with Crippen molar-refractivity contribution in [1.82, 2.24) is 4.98 Å². The number of fused-ring (bicyclic) bond motifs is 4. The summed E-state index contributed by atoms with van der Waals surface area (Å²) in [4.78, 5) is 17.5. The zero-order valence-electron chi connectivity index (χ0n) is 24.0. The van der Waals surface area contributed by atoms with Crippen molar-refractivity contribution in [2.45, 2.75) is 31.6 Å². The van der Waals surface area contributed by atoms with Gasteiger partial charge in [0, 0.05) is 34.1 Å². The number of carbonyl (C=O) groups is 1. The zero-order chi connectivity index (χ0) is 30.4. The average Bonchev–Trinajstić information content (AvgIpc) is 3.24. The summed E-state index contributed by atoms with van der Waals surface area (Å²) in [5.74, 6) is -0.110. The van der Waals surface area contributed by atoms with Crippen molar-refractivity contribution in [3.05, 3.63) is 120 Å². The summed E-state index contributed by atoms with van der Waals surface area (Å²) in [7, 11) is -4.13. The van der Waals surface area contributed by atoms with E-state index in [4.69, 9.17) is 9.54 Å². The Morgan fingerprint density at radius 3 is 2.33 bits per heavy atom. The topological polar surface area (TPSA) is 108 Å². The van der Waals surface area contributed by atoms with Gasteiger partial charge in [-0.2, -0.15) is 8.42 Å². The molecular formula is C35H33N3O4S. The van der Waals surface area contributed by atoms with Gasteiger partial charge >= 0.3 is 0 Å². The van der Waals surface area contributed by atoms with E-state index in [0.717, 1.165) is 63.9 Å². The highest BCUT2D eigenvalue weighted by Crippen LogP contribution is 2.35. The molecule has 0 fully saturated rings. The normalized spacial score (nSPS) is 11.2. The van der Waals surface area contributed by atoms with E-state index in [1.54, 1.807) is 30.3 Å². The van der Waals surface area contributed by atoms with Crippen molar-refractivity contribution in [3.63, 3.8) is 0 Å². The molecule has 0 unspecified atom stereocenters. The fourth-order valence-corrected chi connectivity index (χ4v) is 5.68. The van der Waals surface area contributed by atoms with E-state index >= 15 is 0 Å². The lowest BCUT2D eigenvalue weighted by Crippen LogP contribution is -2.11. The Bertz CT molecular complexity index is 1980. The van der Waals surface area contributed by atoms with Crippen LogP contribution in [-0.4, -0.2) is 30.4 Å². The second-order valence-corrected chi connectivity index (χ2v) is 11.5. The first-order valence-electron chi connectivity index (χ1n) is 14.2. The summed E-state index contributed by atoms with van der Waals surface area (Å²) in [6.45, 7) is 5.14. The third-order valence-corrected chi connectivity index (χ3v) is 8.03. The van der Waals surface area contributed by atoms with Crippen LogP contribution >= 0.6 is 0 Å². The minimum Gasteiger partial charge on any atom is -0.383 e. The molecule has 0 atom stereocenters. The molecule has 0 saturated carbocycles. The fraction of sp³-hybridized carbons (Fsp3) is 0.143. The molecule has 0 bridgehead atoms. The molecule has 0 aromatic heterocycles. The maximum absolute atomic E-state index is 12.7. The van der Waals surface area contributed by atoms with E-state index < -0.39 is 10.1 Å². The molecule has 4 aromatic rings. The minimum absolute atomic E-state index is 0.0457.